The molecule has 0 rings (SSSR count). The van der Waals surface area contributed by atoms with Crippen LogP contribution in [0, 0.1) is 0 Å². The first kappa shape index (κ1) is 105. The van der Waals surface area contributed by atoms with Crippen molar-refractivity contribution in [3.63, 3.8) is 0 Å². The van der Waals surface area contributed by atoms with Gasteiger partial charge in [-0.2, -0.15) is 0 Å². The Morgan fingerprint density at radius 3 is 0.830 bits per heavy atom. The molecule has 0 aliphatic carbocycles. The molecule has 112 heavy (non-hydrogen) atoms. The highest BCUT2D eigenvalue weighted by molar-refractivity contribution is 7.47. The fraction of sp³-hybridized carbons (Fsp3) is 0.527. The lowest BCUT2D eigenvalue weighted by Crippen LogP contribution is -2.30. The fourth-order valence-electron chi connectivity index (χ4n) is 9.71. The zero-order valence-electron chi connectivity index (χ0n) is 68.5. The molecule has 3 N–H and O–H groups in total. The van der Waals surface area contributed by atoms with Crippen LogP contribution in [0.4, 0.5) is 0 Å². The summed E-state index contributed by atoms with van der Waals surface area (Å²) in [6.07, 6.45) is 108. The largest absolute Gasteiger partial charge is 0.472 e. The maximum absolute atomic E-state index is 13.1. The van der Waals surface area contributed by atoms with Crippen LogP contribution in [0.2, 0.25) is 0 Å². The van der Waals surface area contributed by atoms with Gasteiger partial charge in [-0.05, 0) is 167 Å². The van der Waals surface area contributed by atoms with E-state index in [1.54, 1.807) is 12.2 Å². The van der Waals surface area contributed by atoms with E-state index in [2.05, 4.69) is 210 Å². The molecule has 0 radical (unpaired) electrons. The van der Waals surface area contributed by atoms with Gasteiger partial charge in [-0.15, -0.1) is 0 Å². The molecular formula is C93H142O17P2. The Balaban J connectivity index is 5.62. The summed E-state index contributed by atoms with van der Waals surface area (Å²) >= 11 is 0. The molecule has 0 fully saturated rings. The molecule has 0 bridgehead atoms. The molecule has 5 unspecified atom stereocenters. The summed E-state index contributed by atoms with van der Waals surface area (Å²) in [7, 11) is -10.1. The number of phosphoric ester groups is 2. The molecule has 0 spiro atoms. The lowest BCUT2D eigenvalue weighted by molar-refractivity contribution is -0.161. The highest BCUT2D eigenvalue weighted by Gasteiger charge is 2.30. The minimum atomic E-state index is -5.04. The molecule has 0 aromatic heterocycles. The van der Waals surface area contributed by atoms with E-state index >= 15 is 0 Å². The van der Waals surface area contributed by atoms with Crippen LogP contribution in [0.1, 0.15) is 259 Å². The Morgan fingerprint density at radius 2 is 0.518 bits per heavy atom. The predicted molar refractivity (Wildman–Crippen MR) is 463 cm³/mol. The van der Waals surface area contributed by atoms with Crippen molar-refractivity contribution in [2.45, 2.75) is 277 Å². The highest BCUT2D eigenvalue weighted by atomic mass is 31.2. The number of carbonyl (C=O) groups excluding carboxylic acids is 4. The average Bonchev–Trinajstić information content (AvgIpc) is 0.898. The first-order valence-electron chi connectivity index (χ1n) is 41.3. The zero-order chi connectivity index (χ0) is 81.7. The Hall–Kier alpha value is -7.14. The van der Waals surface area contributed by atoms with E-state index in [-0.39, 0.29) is 25.7 Å². The number of hydrogen-bond acceptors (Lipinski definition) is 15. The smallest absolute Gasteiger partial charge is 0.462 e. The van der Waals surface area contributed by atoms with E-state index in [0.717, 1.165) is 148 Å². The maximum Gasteiger partial charge on any atom is 0.472 e. The van der Waals surface area contributed by atoms with Crippen LogP contribution in [0.15, 0.2) is 243 Å². The molecule has 0 aliphatic rings. The van der Waals surface area contributed by atoms with Gasteiger partial charge in [-0.3, -0.25) is 37.3 Å². The topological polar surface area (TPSA) is 237 Å². The van der Waals surface area contributed by atoms with Crippen LogP contribution in [-0.2, 0) is 65.4 Å². The van der Waals surface area contributed by atoms with Crippen molar-refractivity contribution in [2.75, 3.05) is 39.6 Å². The van der Waals surface area contributed by atoms with Crippen molar-refractivity contribution in [1.82, 2.24) is 0 Å². The summed E-state index contributed by atoms with van der Waals surface area (Å²) in [5.74, 6) is -2.57. The van der Waals surface area contributed by atoms with Crippen LogP contribution in [0.3, 0.4) is 0 Å². The van der Waals surface area contributed by atoms with Crippen molar-refractivity contribution in [1.29, 1.82) is 0 Å². The van der Waals surface area contributed by atoms with E-state index in [0.29, 0.717) is 38.5 Å². The van der Waals surface area contributed by atoms with E-state index in [1.807, 2.05) is 48.6 Å². The number of rotatable bonds is 74. The second kappa shape index (κ2) is 81.9. The van der Waals surface area contributed by atoms with Crippen molar-refractivity contribution >= 4 is 39.5 Å². The van der Waals surface area contributed by atoms with Gasteiger partial charge in [0.2, 0.25) is 0 Å². The SMILES string of the molecule is CC/C=C\C/C=C\C/C=C\C/C=C\C/C=C\C/C=C\CCC(=O)OCC(COP(=O)(O)OCC(O)COP(=O)(O)OCC(COC(=O)CC/C=C\C/C=C\C/C=C\C/C=C\C/C=C\C/C=C\CC)OC(=O)CCCCCCCC/C=C\C/C=C\C/C=C\CCCCC)OC(=O)C/C=C\C/C=C\C/C=C\C/C=C\C/C=C\CC. The van der Waals surface area contributed by atoms with E-state index in [9.17, 15) is 43.2 Å². The van der Waals surface area contributed by atoms with Gasteiger partial charge in [-0.25, -0.2) is 9.13 Å². The molecule has 0 amide bonds. The summed E-state index contributed by atoms with van der Waals surface area (Å²) in [5.41, 5.74) is 0. The standard InChI is InChI=1S/C93H142O17P2/c1-5-9-13-17-21-25-29-33-37-40-43-46-50-53-57-61-65-69-73-77-90(95)103-83-88(109-92(97)79-75-71-67-63-59-55-49-36-32-28-24-20-16-12-8-4)85-107-111(99,100)105-81-87(94)82-106-112(101,102)108-86-89(110-93(98)80-76-72-68-64-60-56-52-48-45-42-39-35-31-27-23-19-15-11-7-3)84-104-91(96)78-74-70-66-62-58-54-51-47-44-41-38-34-30-26-22-18-14-10-6-2/h9-10,12-14,16,21-28,33-39,43-49,53-54,57-59,63,65-66,69-71,75,87-89,94H,5-8,11,15,17-20,29-32,40-42,50-52,55-56,60-62,64,67-68,72-74,76-86H2,1-4H3,(H,99,100)(H,101,102)/b13-9-,14-10-,16-12-,25-21-,26-22-,27-23-,28-24-,37-33-,38-34-,39-35-,46-43-,47-44-,48-45-,49-36-,57-53-,58-54-,63-59-,69-65-,70-66-,75-71-. The summed E-state index contributed by atoms with van der Waals surface area (Å²) < 4.78 is 68.4. The number of aliphatic hydroxyl groups excluding tert-OH is 1. The summed E-state index contributed by atoms with van der Waals surface area (Å²) in [6.45, 7) is 4.16. The second-order valence-corrected chi connectivity index (χ2v) is 29.1. The van der Waals surface area contributed by atoms with Crippen molar-refractivity contribution in [2.24, 2.45) is 0 Å². The molecule has 0 aromatic rings. The van der Waals surface area contributed by atoms with Crippen LogP contribution < -0.4 is 0 Å². The quantitative estimate of drug-likeness (QED) is 0.0169. The van der Waals surface area contributed by atoms with Crippen molar-refractivity contribution < 1.29 is 80.2 Å². The number of allylic oxidation sites excluding steroid dienone is 39. The van der Waals surface area contributed by atoms with Crippen LogP contribution in [0.25, 0.3) is 0 Å². The van der Waals surface area contributed by atoms with E-state index in [1.165, 1.54) is 19.3 Å². The van der Waals surface area contributed by atoms with Gasteiger partial charge in [-0.1, -0.05) is 309 Å². The van der Waals surface area contributed by atoms with Gasteiger partial charge in [0.15, 0.2) is 12.2 Å². The Morgan fingerprint density at radius 1 is 0.268 bits per heavy atom. The first-order valence-corrected chi connectivity index (χ1v) is 44.3. The fourth-order valence-corrected chi connectivity index (χ4v) is 11.3. The number of hydrogen-bond donors (Lipinski definition) is 3. The summed E-state index contributed by atoms with van der Waals surface area (Å²) in [4.78, 5) is 73.1. The van der Waals surface area contributed by atoms with Crippen LogP contribution in [-0.4, -0.2) is 96.7 Å². The molecule has 17 nitrogen and oxygen atoms in total. The first-order chi connectivity index (χ1) is 54.7. The number of aliphatic hydroxyl groups is 1. The number of esters is 4. The molecule has 0 aromatic carbocycles. The van der Waals surface area contributed by atoms with Gasteiger partial charge in [0.05, 0.1) is 32.8 Å². The predicted octanol–water partition coefficient (Wildman–Crippen LogP) is 24.8. The van der Waals surface area contributed by atoms with E-state index < -0.39 is 97.5 Å². The van der Waals surface area contributed by atoms with Gasteiger partial charge in [0.25, 0.3) is 0 Å². The summed E-state index contributed by atoms with van der Waals surface area (Å²) in [6, 6.07) is 0. The van der Waals surface area contributed by atoms with E-state index in [4.69, 9.17) is 37.0 Å². The zero-order valence-corrected chi connectivity index (χ0v) is 70.3. The highest BCUT2D eigenvalue weighted by Crippen LogP contribution is 2.45. The van der Waals surface area contributed by atoms with Gasteiger partial charge in [0, 0.05) is 19.3 Å². The lowest BCUT2D eigenvalue weighted by Gasteiger charge is -2.21. The lowest BCUT2D eigenvalue weighted by atomic mass is 10.1. The molecular weight excluding hydrogens is 1450 g/mol. The second-order valence-electron chi connectivity index (χ2n) is 26.2. The molecule has 626 valence electrons. The van der Waals surface area contributed by atoms with Gasteiger partial charge >= 0.3 is 39.5 Å². The number of phosphoric acid groups is 2. The normalized spacial score (nSPS) is 15.0. The minimum Gasteiger partial charge on any atom is -0.462 e. The molecule has 0 heterocycles. The molecule has 0 saturated carbocycles. The number of carbonyl (C=O) groups is 4. The molecule has 0 aliphatic heterocycles. The minimum absolute atomic E-state index is 0.00395. The Bertz CT molecular complexity index is 3090. The molecule has 0 saturated heterocycles. The Kier molecular flexibility index (Phi) is 76.6. The number of unbranched alkanes of at least 4 members (excludes halogenated alkanes) is 9. The van der Waals surface area contributed by atoms with Gasteiger partial charge in [0.1, 0.15) is 19.3 Å². The van der Waals surface area contributed by atoms with Crippen molar-refractivity contribution in [3.8, 4) is 0 Å². The average molecular weight is 1590 g/mol. The van der Waals surface area contributed by atoms with Gasteiger partial charge < -0.3 is 33.8 Å². The Labute approximate surface area is 676 Å². The van der Waals surface area contributed by atoms with Crippen LogP contribution >= 0.6 is 15.6 Å². The molecule has 5 atom stereocenters. The third-order valence-electron chi connectivity index (χ3n) is 15.8. The summed E-state index contributed by atoms with van der Waals surface area (Å²) in [5, 5.41) is 10.7. The number of ether oxygens (including phenoxy) is 4. The van der Waals surface area contributed by atoms with Crippen molar-refractivity contribution in [3.05, 3.63) is 243 Å². The third-order valence-corrected chi connectivity index (χ3v) is 17.8. The third kappa shape index (κ3) is 80.9. The van der Waals surface area contributed by atoms with Crippen LogP contribution in [0.5, 0.6) is 0 Å². The molecule has 19 heteroatoms. The monoisotopic (exact) mass is 1590 g/mol. The maximum atomic E-state index is 13.1.